The summed E-state index contributed by atoms with van der Waals surface area (Å²) in [4.78, 5) is 20.9. The molecule has 2 aromatic rings. The number of nitrogens with zero attached hydrogens (tertiary/aromatic N) is 2. The van der Waals surface area contributed by atoms with Crippen LogP contribution in [0.25, 0.3) is 0 Å². The molecule has 0 atom stereocenters. The Labute approximate surface area is 124 Å². The highest BCUT2D eigenvalue weighted by molar-refractivity contribution is 6.04. The molecule has 5 heteroatoms. The minimum atomic E-state index is -0.174. The number of aromatic nitrogens is 2. The Morgan fingerprint density at radius 1 is 1.14 bits per heavy atom. The van der Waals surface area contributed by atoms with Crippen LogP contribution in [0.2, 0.25) is 0 Å². The van der Waals surface area contributed by atoms with Gasteiger partial charge in [0, 0.05) is 17.0 Å². The summed E-state index contributed by atoms with van der Waals surface area (Å²) in [6, 6.07) is 9.46. The first-order valence-electron chi connectivity index (χ1n) is 6.96. The van der Waals surface area contributed by atoms with E-state index in [1.54, 1.807) is 0 Å². The maximum absolute atomic E-state index is 12.4. The van der Waals surface area contributed by atoms with E-state index in [1.165, 1.54) is 0 Å². The normalized spacial score (nSPS) is 10.4. The van der Waals surface area contributed by atoms with Crippen molar-refractivity contribution in [2.45, 2.75) is 20.3 Å². The van der Waals surface area contributed by atoms with Crippen LogP contribution in [0.4, 0.5) is 5.95 Å². The van der Waals surface area contributed by atoms with Crippen molar-refractivity contribution in [3.05, 3.63) is 52.8 Å². The van der Waals surface area contributed by atoms with E-state index in [2.05, 4.69) is 20.6 Å². The minimum Gasteiger partial charge on any atom is -0.319 e. The van der Waals surface area contributed by atoms with Gasteiger partial charge in [-0.15, -0.1) is 0 Å². The predicted octanol–water partition coefficient (Wildman–Crippen LogP) is 2.11. The van der Waals surface area contributed by atoms with Crippen LogP contribution in [0.5, 0.6) is 0 Å². The molecular formula is C16H20N4O. The number of anilines is 1. The molecule has 0 bridgehead atoms. The fourth-order valence-electron chi connectivity index (χ4n) is 2.17. The summed E-state index contributed by atoms with van der Waals surface area (Å²) in [6.45, 7) is 4.58. The fourth-order valence-corrected chi connectivity index (χ4v) is 2.17. The third-order valence-electron chi connectivity index (χ3n) is 3.11. The van der Waals surface area contributed by atoms with Crippen LogP contribution in [-0.4, -0.2) is 29.5 Å². The predicted molar refractivity (Wildman–Crippen MR) is 83.5 cm³/mol. The quantitative estimate of drug-likeness (QED) is 0.882. The van der Waals surface area contributed by atoms with E-state index >= 15 is 0 Å². The molecule has 1 amide bonds. The SMILES string of the molecule is CNCCc1ccccc1C(=O)Nc1nc(C)cc(C)n1. The van der Waals surface area contributed by atoms with Gasteiger partial charge in [-0.05, 0) is 51.6 Å². The third-order valence-corrected chi connectivity index (χ3v) is 3.11. The van der Waals surface area contributed by atoms with E-state index in [9.17, 15) is 4.79 Å². The van der Waals surface area contributed by atoms with Gasteiger partial charge in [-0.25, -0.2) is 9.97 Å². The Bertz CT molecular complexity index is 620. The number of likely N-dealkylation sites (N-methyl/N-ethyl adjacent to an activating group) is 1. The van der Waals surface area contributed by atoms with Gasteiger partial charge in [-0.2, -0.15) is 0 Å². The van der Waals surface area contributed by atoms with Crippen LogP contribution in [0.15, 0.2) is 30.3 Å². The van der Waals surface area contributed by atoms with Crippen molar-refractivity contribution in [3.63, 3.8) is 0 Å². The molecule has 0 saturated heterocycles. The molecule has 2 rings (SSSR count). The molecule has 0 saturated carbocycles. The zero-order chi connectivity index (χ0) is 15.2. The average Bonchev–Trinajstić information content (AvgIpc) is 2.44. The summed E-state index contributed by atoms with van der Waals surface area (Å²) in [7, 11) is 1.89. The van der Waals surface area contributed by atoms with Gasteiger partial charge in [0.15, 0.2) is 0 Å². The van der Waals surface area contributed by atoms with Crippen LogP contribution in [-0.2, 0) is 6.42 Å². The molecule has 110 valence electrons. The summed E-state index contributed by atoms with van der Waals surface area (Å²) in [6.07, 6.45) is 0.799. The van der Waals surface area contributed by atoms with Crippen molar-refractivity contribution < 1.29 is 4.79 Å². The van der Waals surface area contributed by atoms with Crippen LogP contribution in [0.1, 0.15) is 27.3 Å². The van der Waals surface area contributed by atoms with E-state index in [0.29, 0.717) is 11.5 Å². The molecule has 0 aliphatic rings. The third kappa shape index (κ3) is 4.10. The van der Waals surface area contributed by atoms with Gasteiger partial charge in [-0.3, -0.25) is 10.1 Å². The second-order valence-corrected chi connectivity index (χ2v) is 4.94. The minimum absolute atomic E-state index is 0.174. The first-order chi connectivity index (χ1) is 10.1. The molecule has 0 aliphatic carbocycles. The monoisotopic (exact) mass is 284 g/mol. The lowest BCUT2D eigenvalue weighted by Crippen LogP contribution is -2.18. The maximum Gasteiger partial charge on any atom is 0.258 e. The summed E-state index contributed by atoms with van der Waals surface area (Å²) in [5, 5.41) is 5.87. The van der Waals surface area contributed by atoms with Crippen molar-refractivity contribution >= 4 is 11.9 Å². The number of rotatable bonds is 5. The highest BCUT2D eigenvalue weighted by atomic mass is 16.1. The number of benzene rings is 1. The number of nitrogens with one attached hydrogen (secondary N) is 2. The van der Waals surface area contributed by atoms with Crippen molar-refractivity contribution in [2.75, 3.05) is 18.9 Å². The Kier molecular flexibility index (Phi) is 5.00. The summed E-state index contributed by atoms with van der Waals surface area (Å²) >= 11 is 0. The van der Waals surface area contributed by atoms with Gasteiger partial charge in [0.2, 0.25) is 5.95 Å². The lowest BCUT2D eigenvalue weighted by atomic mass is 10.0. The molecule has 0 spiro atoms. The van der Waals surface area contributed by atoms with E-state index in [0.717, 1.165) is 29.9 Å². The lowest BCUT2D eigenvalue weighted by molar-refractivity contribution is 0.102. The standard InChI is InChI=1S/C16H20N4O/c1-11-10-12(2)19-16(18-11)20-15(21)14-7-5-4-6-13(14)8-9-17-3/h4-7,10,17H,8-9H2,1-3H3,(H,18,19,20,21). The van der Waals surface area contributed by atoms with Gasteiger partial charge >= 0.3 is 0 Å². The topological polar surface area (TPSA) is 66.9 Å². The second-order valence-electron chi connectivity index (χ2n) is 4.94. The van der Waals surface area contributed by atoms with Crippen LogP contribution in [0, 0.1) is 13.8 Å². The zero-order valence-electron chi connectivity index (χ0n) is 12.6. The van der Waals surface area contributed by atoms with E-state index in [1.807, 2.05) is 51.2 Å². The molecule has 2 N–H and O–H groups in total. The number of hydrogen-bond acceptors (Lipinski definition) is 4. The first kappa shape index (κ1) is 15.1. The Balaban J connectivity index is 2.20. The van der Waals surface area contributed by atoms with Crippen LogP contribution < -0.4 is 10.6 Å². The van der Waals surface area contributed by atoms with Gasteiger partial charge in [0.05, 0.1) is 0 Å². The largest absolute Gasteiger partial charge is 0.319 e. The molecular weight excluding hydrogens is 264 g/mol. The molecule has 1 aromatic carbocycles. The number of carbonyl (C=O) groups is 1. The second kappa shape index (κ2) is 6.95. The Morgan fingerprint density at radius 2 is 1.81 bits per heavy atom. The summed E-state index contributed by atoms with van der Waals surface area (Å²) in [5.74, 6) is 0.174. The van der Waals surface area contributed by atoms with Crippen molar-refractivity contribution in [3.8, 4) is 0 Å². The van der Waals surface area contributed by atoms with Crippen molar-refractivity contribution in [2.24, 2.45) is 0 Å². The van der Waals surface area contributed by atoms with Gasteiger partial charge in [-0.1, -0.05) is 18.2 Å². The highest BCUT2D eigenvalue weighted by Gasteiger charge is 2.12. The van der Waals surface area contributed by atoms with E-state index < -0.39 is 0 Å². The molecule has 5 nitrogen and oxygen atoms in total. The fraction of sp³-hybridized carbons (Fsp3) is 0.312. The van der Waals surface area contributed by atoms with E-state index in [-0.39, 0.29) is 5.91 Å². The van der Waals surface area contributed by atoms with Crippen LogP contribution >= 0.6 is 0 Å². The molecule has 0 aliphatic heterocycles. The molecule has 1 aromatic heterocycles. The number of carbonyl (C=O) groups excluding carboxylic acids is 1. The average molecular weight is 284 g/mol. The summed E-state index contributed by atoms with van der Waals surface area (Å²) < 4.78 is 0. The zero-order valence-corrected chi connectivity index (χ0v) is 12.6. The van der Waals surface area contributed by atoms with Gasteiger partial charge in [0.25, 0.3) is 5.91 Å². The molecule has 0 unspecified atom stereocenters. The van der Waals surface area contributed by atoms with E-state index in [4.69, 9.17) is 0 Å². The lowest BCUT2D eigenvalue weighted by Gasteiger charge is -2.10. The van der Waals surface area contributed by atoms with Gasteiger partial charge < -0.3 is 5.32 Å². The smallest absolute Gasteiger partial charge is 0.258 e. The Hall–Kier alpha value is -2.27. The molecule has 0 fully saturated rings. The molecule has 0 radical (unpaired) electrons. The maximum atomic E-state index is 12.4. The number of aryl methyl sites for hydroxylation is 2. The summed E-state index contributed by atoms with van der Waals surface area (Å²) in [5.41, 5.74) is 3.34. The van der Waals surface area contributed by atoms with Crippen LogP contribution in [0.3, 0.4) is 0 Å². The molecule has 1 heterocycles. The molecule has 21 heavy (non-hydrogen) atoms. The Morgan fingerprint density at radius 3 is 2.48 bits per heavy atom. The van der Waals surface area contributed by atoms with Crippen molar-refractivity contribution in [1.82, 2.24) is 15.3 Å². The highest BCUT2D eigenvalue weighted by Crippen LogP contribution is 2.12. The number of amides is 1. The van der Waals surface area contributed by atoms with Gasteiger partial charge in [0.1, 0.15) is 0 Å². The first-order valence-corrected chi connectivity index (χ1v) is 6.96. The number of hydrogen-bond donors (Lipinski definition) is 2. The van der Waals surface area contributed by atoms with Crippen molar-refractivity contribution in [1.29, 1.82) is 0 Å².